The molecule has 0 saturated heterocycles. The molecule has 6 nitrogen and oxygen atoms in total. The number of carbonyl (C=O) groups excluding carboxylic acids is 1. The third-order valence-corrected chi connectivity index (χ3v) is 6.88. The van der Waals surface area contributed by atoms with Gasteiger partial charge < -0.3 is 19.7 Å². The van der Waals surface area contributed by atoms with Gasteiger partial charge in [0.2, 0.25) is 0 Å². The summed E-state index contributed by atoms with van der Waals surface area (Å²) in [6, 6.07) is 13.6. The Bertz CT molecular complexity index is 1400. The van der Waals surface area contributed by atoms with Crippen LogP contribution < -0.4 is 5.56 Å². The molecule has 0 fully saturated rings. The van der Waals surface area contributed by atoms with Crippen LogP contribution in [0.5, 0.6) is 0 Å². The molecule has 0 spiro atoms. The number of amides is 1. The molecule has 7 heteroatoms. The molecule has 1 amide bonds. The molecule has 1 atom stereocenters. The van der Waals surface area contributed by atoms with Crippen LogP contribution >= 0.6 is 11.3 Å². The van der Waals surface area contributed by atoms with Crippen LogP contribution in [-0.4, -0.2) is 33.7 Å². The summed E-state index contributed by atoms with van der Waals surface area (Å²) in [5.41, 5.74) is 3.70. The van der Waals surface area contributed by atoms with Crippen molar-refractivity contribution in [2.24, 2.45) is 0 Å². The number of aliphatic hydroxyl groups is 1. The molecular formula is C27H30N2O4S. The van der Waals surface area contributed by atoms with E-state index in [4.69, 9.17) is 4.74 Å². The second kappa shape index (κ2) is 9.24. The fraction of sp³-hybridized carbons (Fsp3) is 0.333. The van der Waals surface area contributed by atoms with Gasteiger partial charge in [-0.15, -0.1) is 11.3 Å². The van der Waals surface area contributed by atoms with Crippen molar-refractivity contribution in [3.8, 4) is 11.1 Å². The van der Waals surface area contributed by atoms with Crippen LogP contribution in [-0.2, 0) is 11.3 Å². The number of aliphatic hydroxyl groups excluding tert-OH is 1. The number of aromatic nitrogens is 1. The van der Waals surface area contributed by atoms with E-state index in [-0.39, 0.29) is 24.3 Å². The number of ether oxygens (including phenoxy) is 1. The number of hydrogen-bond donors (Lipinski definition) is 2. The first-order valence-electron chi connectivity index (χ1n) is 11.4. The van der Waals surface area contributed by atoms with E-state index in [9.17, 15) is 14.7 Å². The highest BCUT2D eigenvalue weighted by Crippen LogP contribution is 2.37. The predicted octanol–water partition coefficient (Wildman–Crippen LogP) is 6.22. The minimum absolute atomic E-state index is 0.105. The quantitative estimate of drug-likeness (QED) is 0.357. The van der Waals surface area contributed by atoms with Crippen molar-refractivity contribution in [3.63, 3.8) is 0 Å². The molecule has 0 unspecified atom stereocenters. The van der Waals surface area contributed by atoms with Crippen LogP contribution in [0.1, 0.15) is 51.3 Å². The SMILES string of the molecule is CC[C@@H](c1ccc(-c2c(CO)ccc3[nH]c(=O)c4sccc4c23)cc1)N(C)C(=O)OC(C)(C)C. The van der Waals surface area contributed by atoms with Crippen LogP contribution in [0, 0.1) is 0 Å². The van der Waals surface area contributed by atoms with Gasteiger partial charge in [-0.25, -0.2) is 4.79 Å². The maximum Gasteiger partial charge on any atom is 0.410 e. The van der Waals surface area contributed by atoms with Gasteiger partial charge in [-0.3, -0.25) is 4.79 Å². The topological polar surface area (TPSA) is 82.6 Å². The Morgan fingerprint density at radius 2 is 1.85 bits per heavy atom. The Labute approximate surface area is 202 Å². The zero-order valence-corrected chi connectivity index (χ0v) is 21.0. The first-order chi connectivity index (χ1) is 16.1. The molecule has 0 saturated carbocycles. The average molecular weight is 479 g/mol. The summed E-state index contributed by atoms with van der Waals surface area (Å²) in [5, 5.41) is 13.8. The van der Waals surface area contributed by atoms with Gasteiger partial charge in [0.05, 0.1) is 12.6 Å². The molecule has 2 N–H and O–H groups in total. The van der Waals surface area contributed by atoms with Gasteiger partial charge >= 0.3 is 6.09 Å². The number of nitrogens with one attached hydrogen (secondary N) is 1. The van der Waals surface area contributed by atoms with Crippen LogP contribution in [0.3, 0.4) is 0 Å². The second-order valence-electron chi connectivity index (χ2n) is 9.44. The van der Waals surface area contributed by atoms with E-state index in [1.165, 1.54) is 11.3 Å². The lowest BCUT2D eigenvalue weighted by atomic mass is 9.92. The number of H-pyrrole nitrogens is 1. The molecule has 0 aliphatic rings. The molecule has 0 aliphatic heterocycles. The van der Waals surface area contributed by atoms with Gasteiger partial charge in [0, 0.05) is 23.3 Å². The Morgan fingerprint density at radius 1 is 1.15 bits per heavy atom. The smallest absolute Gasteiger partial charge is 0.410 e. The molecular weight excluding hydrogens is 448 g/mol. The van der Waals surface area contributed by atoms with Crippen molar-refractivity contribution < 1.29 is 14.6 Å². The first-order valence-corrected chi connectivity index (χ1v) is 12.2. The third kappa shape index (κ3) is 4.45. The van der Waals surface area contributed by atoms with E-state index in [0.717, 1.165) is 45.0 Å². The van der Waals surface area contributed by atoms with Crippen molar-refractivity contribution >= 4 is 38.4 Å². The predicted molar refractivity (Wildman–Crippen MR) is 138 cm³/mol. The van der Waals surface area contributed by atoms with Crippen molar-refractivity contribution in [1.29, 1.82) is 0 Å². The summed E-state index contributed by atoms with van der Waals surface area (Å²) in [4.78, 5) is 29.7. The van der Waals surface area contributed by atoms with Gasteiger partial charge in [-0.05, 0) is 67.0 Å². The molecule has 0 aliphatic carbocycles. The van der Waals surface area contributed by atoms with Gasteiger partial charge in [0.1, 0.15) is 10.3 Å². The van der Waals surface area contributed by atoms with E-state index in [2.05, 4.69) is 4.98 Å². The van der Waals surface area contributed by atoms with Crippen molar-refractivity contribution in [3.05, 3.63) is 69.3 Å². The number of fused-ring (bicyclic) bond motifs is 3. The number of thiophene rings is 1. The fourth-order valence-corrected chi connectivity index (χ4v) is 5.21. The molecule has 2 aromatic heterocycles. The summed E-state index contributed by atoms with van der Waals surface area (Å²) >= 11 is 1.41. The molecule has 0 bridgehead atoms. The number of benzene rings is 2. The number of pyridine rings is 1. The summed E-state index contributed by atoms with van der Waals surface area (Å²) in [6.07, 6.45) is 0.381. The zero-order chi connectivity index (χ0) is 24.6. The zero-order valence-electron chi connectivity index (χ0n) is 20.1. The third-order valence-electron chi connectivity index (χ3n) is 5.97. The van der Waals surface area contributed by atoms with Crippen LogP contribution in [0.15, 0.2) is 52.6 Å². The fourth-order valence-electron chi connectivity index (χ4n) is 4.42. The van der Waals surface area contributed by atoms with Crippen molar-refractivity contribution in [2.75, 3.05) is 7.05 Å². The number of aromatic amines is 1. The Balaban J connectivity index is 1.78. The molecule has 0 radical (unpaired) electrons. The van der Waals surface area contributed by atoms with E-state index >= 15 is 0 Å². The van der Waals surface area contributed by atoms with Crippen LogP contribution in [0.2, 0.25) is 0 Å². The Hall–Kier alpha value is -3.16. The van der Waals surface area contributed by atoms with E-state index < -0.39 is 5.60 Å². The number of rotatable bonds is 5. The van der Waals surface area contributed by atoms with Crippen LogP contribution in [0.4, 0.5) is 4.79 Å². The standard InChI is InChI=1S/C27H30N2O4S/c1-6-21(29(5)26(32)33-27(2,3)4)16-7-9-17(10-8-16)22-18(15-30)11-12-20-23(22)19-13-14-34-24(19)25(31)28-20/h7-14,21,30H,6,15H2,1-5H3,(H,28,31)/t21-/m0/s1. The first kappa shape index (κ1) is 24.0. The molecule has 178 valence electrons. The minimum atomic E-state index is -0.559. The molecule has 2 heterocycles. The largest absolute Gasteiger partial charge is 0.444 e. The Morgan fingerprint density at radius 3 is 2.47 bits per heavy atom. The molecule has 34 heavy (non-hydrogen) atoms. The number of nitrogens with zero attached hydrogens (tertiary/aromatic N) is 1. The summed E-state index contributed by atoms with van der Waals surface area (Å²) in [6.45, 7) is 7.49. The van der Waals surface area contributed by atoms with Gasteiger partial charge in [0.25, 0.3) is 5.56 Å². The summed E-state index contributed by atoms with van der Waals surface area (Å²) in [5.74, 6) is 0. The van der Waals surface area contributed by atoms with Gasteiger partial charge in [-0.1, -0.05) is 37.3 Å². The molecule has 2 aromatic carbocycles. The van der Waals surface area contributed by atoms with E-state index in [1.54, 1.807) is 11.9 Å². The van der Waals surface area contributed by atoms with Gasteiger partial charge in [-0.2, -0.15) is 0 Å². The van der Waals surface area contributed by atoms with Crippen LogP contribution in [0.25, 0.3) is 32.1 Å². The van der Waals surface area contributed by atoms with Crippen molar-refractivity contribution in [2.45, 2.75) is 52.4 Å². The monoisotopic (exact) mass is 478 g/mol. The second-order valence-corrected chi connectivity index (χ2v) is 10.4. The maximum absolute atomic E-state index is 12.6. The Kier molecular flexibility index (Phi) is 6.51. The molecule has 4 rings (SSSR count). The highest BCUT2D eigenvalue weighted by Gasteiger charge is 2.25. The highest BCUT2D eigenvalue weighted by molar-refractivity contribution is 7.17. The van der Waals surface area contributed by atoms with Gasteiger partial charge in [0.15, 0.2) is 0 Å². The van der Waals surface area contributed by atoms with Crippen molar-refractivity contribution in [1.82, 2.24) is 9.88 Å². The maximum atomic E-state index is 12.6. The lowest BCUT2D eigenvalue weighted by molar-refractivity contribution is 0.0215. The number of hydrogen-bond acceptors (Lipinski definition) is 5. The van der Waals surface area contributed by atoms with E-state index in [0.29, 0.717) is 4.70 Å². The summed E-state index contributed by atoms with van der Waals surface area (Å²) in [7, 11) is 1.76. The average Bonchev–Trinajstić information content (AvgIpc) is 3.29. The normalized spacial score (nSPS) is 12.8. The minimum Gasteiger partial charge on any atom is -0.444 e. The van der Waals surface area contributed by atoms with E-state index in [1.807, 2.05) is 75.5 Å². The highest BCUT2D eigenvalue weighted by atomic mass is 32.1. The summed E-state index contributed by atoms with van der Waals surface area (Å²) < 4.78 is 6.22. The number of carbonyl (C=O) groups is 1. The lowest BCUT2D eigenvalue weighted by Gasteiger charge is -2.30. The molecule has 4 aromatic rings. The lowest BCUT2D eigenvalue weighted by Crippen LogP contribution is -2.36.